The van der Waals surface area contributed by atoms with Gasteiger partial charge in [0.25, 0.3) is 7.82 Å². The van der Waals surface area contributed by atoms with Gasteiger partial charge < -0.3 is 48.0 Å². The number of hydrogen-bond donors (Lipinski definition) is 3. The highest BCUT2D eigenvalue weighted by Gasteiger charge is 2.35. The summed E-state index contributed by atoms with van der Waals surface area (Å²) in [5, 5.41) is 31.0. The average Bonchev–Trinajstić information content (AvgIpc) is 3.18. The first kappa shape index (κ1) is 56.1. The Bertz CT molecular complexity index is 1240. The minimum Gasteiger partial charge on any atom is -0.756 e. The van der Waals surface area contributed by atoms with Gasteiger partial charge in [-0.2, -0.15) is 0 Å². The van der Waals surface area contributed by atoms with Crippen molar-refractivity contribution in [3.63, 3.8) is 0 Å². The highest BCUT2D eigenvalue weighted by Crippen LogP contribution is 2.38. The lowest BCUT2D eigenvalue weighted by Gasteiger charge is -2.36. The summed E-state index contributed by atoms with van der Waals surface area (Å²) in [4.78, 5) is 37.8. The van der Waals surface area contributed by atoms with Gasteiger partial charge in [0, 0.05) is 25.2 Å². The van der Waals surface area contributed by atoms with E-state index < -0.39 is 57.1 Å². The molecule has 1 rings (SSSR count). The molecule has 3 N–H and O–H groups in total. The third kappa shape index (κ3) is 31.8. The number of quaternary nitrogens is 1. The fourth-order valence-electron chi connectivity index (χ4n) is 6.69. The topological polar surface area (TPSA) is 181 Å². The highest BCUT2D eigenvalue weighted by atomic mass is 31.2. The van der Waals surface area contributed by atoms with Crippen LogP contribution in [0.3, 0.4) is 0 Å². The van der Waals surface area contributed by atoms with E-state index in [-0.39, 0.29) is 38.4 Å². The van der Waals surface area contributed by atoms with Crippen molar-refractivity contribution in [3.05, 3.63) is 36.5 Å². The minimum absolute atomic E-state index is 0.0759. The molecule has 1 fully saturated rings. The van der Waals surface area contributed by atoms with Crippen LogP contribution in [0.4, 0.5) is 0 Å². The van der Waals surface area contributed by atoms with Gasteiger partial charge in [-0.3, -0.25) is 14.2 Å². The first-order valence-electron chi connectivity index (χ1n) is 23.1. The van der Waals surface area contributed by atoms with Crippen molar-refractivity contribution < 1.29 is 62.1 Å². The van der Waals surface area contributed by atoms with Crippen molar-refractivity contribution in [1.29, 1.82) is 0 Å². The number of hydrogen-bond acceptors (Lipinski definition) is 12. The molecule has 14 heteroatoms. The van der Waals surface area contributed by atoms with E-state index in [4.69, 9.17) is 23.3 Å². The molecule has 350 valence electrons. The van der Waals surface area contributed by atoms with E-state index in [9.17, 15) is 34.4 Å². The fraction of sp³-hybridized carbons (Fsp3) is 0.826. The van der Waals surface area contributed by atoms with Gasteiger partial charge in [-0.25, -0.2) is 0 Å². The second-order valence-corrected chi connectivity index (χ2v) is 18.7. The zero-order valence-electron chi connectivity index (χ0n) is 37.9. The molecule has 1 heterocycles. The third-order valence-electron chi connectivity index (χ3n) is 10.4. The normalized spacial score (nSPS) is 20.8. The van der Waals surface area contributed by atoms with Gasteiger partial charge in [0.15, 0.2) is 12.4 Å². The average molecular weight is 874 g/mol. The number of nitrogens with zero attached hydrogens (tertiary/aromatic N) is 1. The molecule has 0 spiro atoms. The number of phosphoric acid groups is 1. The highest BCUT2D eigenvalue weighted by molar-refractivity contribution is 7.45. The van der Waals surface area contributed by atoms with Crippen LogP contribution in [0.25, 0.3) is 0 Å². The second-order valence-electron chi connectivity index (χ2n) is 17.3. The lowest BCUT2D eigenvalue weighted by Crippen LogP contribution is -2.43. The molecule has 0 aliphatic carbocycles. The molecule has 60 heavy (non-hydrogen) atoms. The summed E-state index contributed by atoms with van der Waals surface area (Å²) in [5.41, 5.74) is 0. The molecule has 1 aliphatic heterocycles. The van der Waals surface area contributed by atoms with E-state index in [2.05, 4.69) is 26.0 Å². The van der Waals surface area contributed by atoms with Gasteiger partial charge in [-0.05, 0) is 57.8 Å². The van der Waals surface area contributed by atoms with Gasteiger partial charge >= 0.3 is 11.9 Å². The number of unbranched alkanes of at least 4 members (excludes halogenated alkanes) is 14. The third-order valence-corrected chi connectivity index (χ3v) is 11.4. The number of carbonyl (C=O) groups excluding carboxylic acids is 2. The van der Waals surface area contributed by atoms with Gasteiger partial charge in [0.05, 0.1) is 46.1 Å². The van der Waals surface area contributed by atoms with Crippen LogP contribution in [0.5, 0.6) is 0 Å². The molecule has 13 nitrogen and oxygen atoms in total. The van der Waals surface area contributed by atoms with E-state index in [0.29, 0.717) is 43.1 Å². The molecule has 0 aromatic rings. The van der Waals surface area contributed by atoms with Crippen molar-refractivity contribution in [2.75, 3.05) is 47.5 Å². The van der Waals surface area contributed by atoms with Gasteiger partial charge in [0.1, 0.15) is 19.8 Å². The molecule has 0 amide bonds. The number of allylic oxidation sites excluding steroid dienone is 4. The number of likely N-dealkylation sites (N-methyl/N-ethyl adjacent to an activating group) is 1. The summed E-state index contributed by atoms with van der Waals surface area (Å²) in [5.74, 6) is -1.35. The van der Waals surface area contributed by atoms with E-state index in [1.165, 1.54) is 44.9 Å². The van der Waals surface area contributed by atoms with Crippen molar-refractivity contribution in [2.45, 2.75) is 192 Å². The molecular formula is C46H84NO12P. The molecule has 7 atom stereocenters. The maximum absolute atomic E-state index is 12.7. The zero-order valence-corrected chi connectivity index (χ0v) is 38.8. The van der Waals surface area contributed by atoms with Crippen molar-refractivity contribution in [1.82, 2.24) is 0 Å². The second kappa shape index (κ2) is 34.5. The Balaban J connectivity index is 2.52. The molecule has 0 aromatic heterocycles. The minimum atomic E-state index is -4.69. The van der Waals surface area contributed by atoms with Crippen LogP contribution in [0.15, 0.2) is 36.5 Å². The maximum Gasteiger partial charge on any atom is 0.306 e. The van der Waals surface area contributed by atoms with Crippen LogP contribution in [0.1, 0.15) is 162 Å². The number of carbonyl (C=O) groups is 2. The van der Waals surface area contributed by atoms with Crippen molar-refractivity contribution in [2.24, 2.45) is 5.92 Å². The van der Waals surface area contributed by atoms with Crippen LogP contribution in [0.2, 0.25) is 0 Å². The molecule has 0 bridgehead atoms. The van der Waals surface area contributed by atoms with Crippen LogP contribution < -0.4 is 4.89 Å². The predicted octanol–water partition coefficient (Wildman–Crippen LogP) is 8.39. The fourth-order valence-corrected chi connectivity index (χ4v) is 7.42. The molecule has 1 aliphatic rings. The van der Waals surface area contributed by atoms with Crippen LogP contribution in [-0.4, -0.2) is 110 Å². The summed E-state index contributed by atoms with van der Waals surface area (Å²) >= 11 is 0. The first-order valence-corrected chi connectivity index (χ1v) is 24.6. The SMILES string of the molecule is CCCCCC/C=C\CCCCCCCCCC(=O)O[C@H](COC(=O)CCC/C=C\C[C@H]1[C@@H](O)CC(O)O[C@@H]1/C=C/[C@@H](O)CCCCC)COP(=O)([O-])OCC[N+](C)(C)C. The lowest BCUT2D eigenvalue weighted by atomic mass is 9.87. The summed E-state index contributed by atoms with van der Waals surface area (Å²) in [6.07, 6.45) is 27.9. The molecular weight excluding hydrogens is 789 g/mol. The number of aliphatic hydroxyl groups excluding tert-OH is 3. The summed E-state index contributed by atoms with van der Waals surface area (Å²) in [6.45, 7) is 3.79. The van der Waals surface area contributed by atoms with E-state index in [0.717, 1.165) is 51.4 Å². The van der Waals surface area contributed by atoms with E-state index in [1.807, 2.05) is 33.3 Å². The van der Waals surface area contributed by atoms with Gasteiger partial charge in [-0.15, -0.1) is 0 Å². The Morgan fingerprint density at radius 2 is 1.37 bits per heavy atom. The molecule has 0 saturated carbocycles. The van der Waals surface area contributed by atoms with E-state index >= 15 is 0 Å². The van der Waals surface area contributed by atoms with Gasteiger partial charge in [0.2, 0.25) is 0 Å². The van der Waals surface area contributed by atoms with E-state index in [1.54, 1.807) is 12.2 Å². The van der Waals surface area contributed by atoms with Crippen molar-refractivity contribution in [3.8, 4) is 0 Å². The Labute approximate surface area is 363 Å². The summed E-state index contributed by atoms with van der Waals surface area (Å²) < 4.78 is 39.5. The zero-order chi connectivity index (χ0) is 44.5. The Hall–Kier alpha value is -1.93. The predicted molar refractivity (Wildman–Crippen MR) is 235 cm³/mol. The van der Waals surface area contributed by atoms with Crippen molar-refractivity contribution >= 4 is 19.8 Å². The first-order chi connectivity index (χ1) is 28.7. The number of ether oxygens (including phenoxy) is 3. The van der Waals surface area contributed by atoms with Crippen LogP contribution >= 0.6 is 7.82 Å². The molecule has 2 unspecified atom stereocenters. The van der Waals surface area contributed by atoms with Crippen LogP contribution in [0, 0.1) is 5.92 Å². The molecule has 1 saturated heterocycles. The maximum atomic E-state index is 12.7. The number of phosphoric ester groups is 1. The molecule has 0 aromatic carbocycles. The quantitative estimate of drug-likeness (QED) is 0.0179. The van der Waals surface area contributed by atoms with Gasteiger partial charge in [-0.1, -0.05) is 121 Å². The molecule has 0 radical (unpaired) electrons. The standard InChI is InChI=1S/C46H84NO12P/c1-6-8-10-11-12-13-14-15-16-17-18-19-20-21-27-31-45(51)58-40(38-57-60(53,54)56-35-34-47(3,4)5)37-55-44(50)30-26-23-22-25-29-41-42(49)36-46(52)59-43(41)33-32-39(48)28-24-9-7-2/h13-14,22,25,32-33,39-43,46,48-49,52H,6-12,15-21,23-24,26-31,34-38H2,1-5H3/b14-13-,25-22-,33-32+/t39-,40+,41-,42-,43+,46?/m0/s1. The smallest absolute Gasteiger partial charge is 0.306 e. The lowest BCUT2D eigenvalue weighted by molar-refractivity contribution is -0.870. The Morgan fingerprint density at radius 1 is 0.783 bits per heavy atom. The number of rotatable bonds is 37. The largest absolute Gasteiger partial charge is 0.756 e. The Kier molecular flexibility index (Phi) is 32.3. The summed E-state index contributed by atoms with van der Waals surface area (Å²) in [6, 6.07) is 0. The Morgan fingerprint density at radius 3 is 2.03 bits per heavy atom. The van der Waals surface area contributed by atoms with Crippen LogP contribution in [-0.2, 0) is 37.4 Å². The number of esters is 2. The monoisotopic (exact) mass is 874 g/mol. The summed E-state index contributed by atoms with van der Waals surface area (Å²) in [7, 11) is 1.01. The number of aliphatic hydroxyl groups is 3.